The van der Waals surface area contributed by atoms with Crippen molar-refractivity contribution in [1.82, 2.24) is 10.3 Å². The summed E-state index contributed by atoms with van der Waals surface area (Å²) in [4.78, 5) is 15.4. The average Bonchev–Trinajstić information content (AvgIpc) is 2.38. The number of carbonyl (C=O) groups is 1. The maximum Gasteiger partial charge on any atom is 0.412 e. The lowest BCUT2D eigenvalue weighted by Crippen LogP contribution is -2.26. The Morgan fingerprint density at radius 2 is 2.06 bits per heavy atom. The van der Waals surface area contributed by atoms with Gasteiger partial charge in [0.2, 0.25) is 0 Å². The Morgan fingerprint density at radius 1 is 1.28 bits per heavy atom. The van der Waals surface area contributed by atoms with Crippen LogP contribution in [0.4, 0.5) is 4.79 Å². The third kappa shape index (κ3) is 3.75. The second-order valence-electron chi connectivity index (χ2n) is 3.57. The van der Waals surface area contributed by atoms with E-state index in [1.54, 1.807) is 36.5 Å². The molecule has 0 saturated carbocycles. The summed E-state index contributed by atoms with van der Waals surface area (Å²) in [6.07, 6.45) is 2.66. The molecule has 92 valence electrons. The van der Waals surface area contributed by atoms with E-state index in [9.17, 15) is 4.79 Å². The first-order valence-electron chi connectivity index (χ1n) is 5.34. The molecule has 0 aliphatic heterocycles. The number of ether oxygens (including phenoxy) is 1. The van der Waals surface area contributed by atoms with Gasteiger partial charge in [0, 0.05) is 18.9 Å². The van der Waals surface area contributed by atoms with E-state index < -0.39 is 6.09 Å². The van der Waals surface area contributed by atoms with Crippen molar-refractivity contribution < 1.29 is 9.53 Å². The molecule has 0 atom stereocenters. The number of nitrogens with one attached hydrogen (secondary N) is 1. The lowest BCUT2D eigenvalue weighted by Gasteiger charge is -2.06. The van der Waals surface area contributed by atoms with Crippen molar-refractivity contribution in [3.8, 4) is 5.75 Å². The zero-order valence-electron chi connectivity index (χ0n) is 9.47. The molecule has 1 N–H and O–H groups in total. The first-order valence-corrected chi connectivity index (χ1v) is 5.72. The molecule has 18 heavy (non-hydrogen) atoms. The van der Waals surface area contributed by atoms with E-state index in [2.05, 4.69) is 10.3 Å². The highest BCUT2D eigenvalue weighted by Gasteiger charge is 2.03. The molecule has 0 spiro atoms. The standard InChI is InChI=1S/C13H11ClN2O2/c14-11-6-10(7-15-9-11)8-16-13(17)18-12-4-2-1-3-5-12/h1-7,9H,8H2,(H,16,17). The molecule has 1 heterocycles. The summed E-state index contributed by atoms with van der Waals surface area (Å²) < 4.78 is 5.06. The lowest BCUT2D eigenvalue weighted by molar-refractivity contribution is 0.200. The van der Waals surface area contributed by atoms with Gasteiger partial charge in [0.05, 0.1) is 5.02 Å². The zero-order chi connectivity index (χ0) is 12.8. The molecule has 0 aliphatic rings. The van der Waals surface area contributed by atoms with E-state index in [0.29, 0.717) is 17.3 Å². The molecular weight excluding hydrogens is 252 g/mol. The fraction of sp³-hybridized carbons (Fsp3) is 0.0769. The monoisotopic (exact) mass is 262 g/mol. The number of nitrogens with zero attached hydrogens (tertiary/aromatic N) is 1. The summed E-state index contributed by atoms with van der Waals surface area (Å²) in [5.41, 5.74) is 0.813. The topological polar surface area (TPSA) is 51.2 Å². The Labute approximate surface area is 110 Å². The van der Waals surface area contributed by atoms with Crippen LogP contribution >= 0.6 is 11.6 Å². The minimum Gasteiger partial charge on any atom is -0.410 e. The molecule has 1 aromatic carbocycles. The van der Waals surface area contributed by atoms with Crippen LogP contribution in [-0.2, 0) is 6.54 Å². The number of benzene rings is 1. The molecule has 2 aromatic rings. The Bertz CT molecular complexity index is 532. The third-order valence-corrected chi connectivity index (χ3v) is 2.36. The largest absolute Gasteiger partial charge is 0.412 e. The van der Waals surface area contributed by atoms with Crippen LogP contribution in [0.15, 0.2) is 48.8 Å². The van der Waals surface area contributed by atoms with Crippen molar-refractivity contribution in [3.63, 3.8) is 0 Å². The number of hydrogen-bond acceptors (Lipinski definition) is 3. The van der Waals surface area contributed by atoms with Crippen molar-refractivity contribution in [2.75, 3.05) is 0 Å². The van der Waals surface area contributed by atoms with E-state index in [1.807, 2.05) is 6.07 Å². The zero-order valence-corrected chi connectivity index (χ0v) is 10.2. The predicted molar refractivity (Wildman–Crippen MR) is 68.6 cm³/mol. The van der Waals surface area contributed by atoms with Crippen molar-refractivity contribution in [2.45, 2.75) is 6.54 Å². The molecule has 2 rings (SSSR count). The van der Waals surface area contributed by atoms with Crippen LogP contribution in [0.1, 0.15) is 5.56 Å². The van der Waals surface area contributed by atoms with Gasteiger partial charge < -0.3 is 10.1 Å². The maximum absolute atomic E-state index is 11.5. The third-order valence-electron chi connectivity index (χ3n) is 2.15. The highest BCUT2D eigenvalue weighted by atomic mass is 35.5. The summed E-state index contributed by atoms with van der Waals surface area (Å²) in [6, 6.07) is 10.6. The maximum atomic E-state index is 11.5. The summed E-state index contributed by atoms with van der Waals surface area (Å²) in [5.74, 6) is 0.499. The van der Waals surface area contributed by atoms with Crippen molar-refractivity contribution in [3.05, 3.63) is 59.4 Å². The van der Waals surface area contributed by atoms with Gasteiger partial charge in [-0.25, -0.2) is 4.79 Å². The molecular formula is C13H11ClN2O2. The second kappa shape index (κ2) is 6.02. The van der Waals surface area contributed by atoms with Crippen molar-refractivity contribution in [1.29, 1.82) is 0 Å². The van der Waals surface area contributed by atoms with E-state index in [-0.39, 0.29) is 0 Å². The van der Waals surface area contributed by atoms with E-state index in [0.717, 1.165) is 5.56 Å². The quantitative estimate of drug-likeness (QED) is 0.925. The first kappa shape index (κ1) is 12.4. The van der Waals surface area contributed by atoms with Crippen LogP contribution in [0.3, 0.4) is 0 Å². The second-order valence-corrected chi connectivity index (χ2v) is 4.00. The van der Waals surface area contributed by atoms with Crippen LogP contribution in [0.2, 0.25) is 5.02 Å². The van der Waals surface area contributed by atoms with Gasteiger partial charge in [0.15, 0.2) is 0 Å². The molecule has 0 fully saturated rings. The van der Waals surface area contributed by atoms with Crippen LogP contribution in [-0.4, -0.2) is 11.1 Å². The van der Waals surface area contributed by atoms with Crippen molar-refractivity contribution >= 4 is 17.7 Å². The minimum atomic E-state index is -0.513. The van der Waals surface area contributed by atoms with Gasteiger partial charge in [-0.1, -0.05) is 29.8 Å². The number of aromatic nitrogens is 1. The molecule has 4 nitrogen and oxygen atoms in total. The molecule has 0 unspecified atom stereocenters. The van der Waals surface area contributed by atoms with Gasteiger partial charge in [0.1, 0.15) is 5.75 Å². The fourth-order valence-corrected chi connectivity index (χ4v) is 1.55. The number of hydrogen-bond donors (Lipinski definition) is 1. The Balaban J connectivity index is 1.85. The summed E-state index contributed by atoms with van der Waals surface area (Å²) in [6.45, 7) is 0.319. The van der Waals surface area contributed by atoms with E-state index in [1.165, 1.54) is 6.20 Å². The summed E-state index contributed by atoms with van der Waals surface area (Å²) >= 11 is 5.78. The van der Waals surface area contributed by atoms with Gasteiger partial charge in [-0.05, 0) is 23.8 Å². The molecule has 5 heteroatoms. The number of para-hydroxylation sites is 1. The lowest BCUT2D eigenvalue weighted by atomic mass is 10.3. The first-order chi connectivity index (χ1) is 8.74. The SMILES string of the molecule is O=C(NCc1cncc(Cl)c1)Oc1ccccc1. The molecule has 0 bridgehead atoms. The summed E-state index contributed by atoms with van der Waals surface area (Å²) in [5, 5.41) is 3.15. The van der Waals surface area contributed by atoms with Crippen LogP contribution < -0.4 is 10.1 Å². The molecule has 1 amide bonds. The van der Waals surface area contributed by atoms with Gasteiger partial charge >= 0.3 is 6.09 Å². The molecule has 0 radical (unpaired) electrons. The smallest absolute Gasteiger partial charge is 0.410 e. The average molecular weight is 263 g/mol. The predicted octanol–water partition coefficient (Wildman–Crippen LogP) is 3.02. The van der Waals surface area contributed by atoms with Gasteiger partial charge in [-0.3, -0.25) is 4.98 Å². The Morgan fingerprint density at radius 3 is 2.78 bits per heavy atom. The highest BCUT2D eigenvalue weighted by Crippen LogP contribution is 2.10. The van der Waals surface area contributed by atoms with E-state index >= 15 is 0 Å². The van der Waals surface area contributed by atoms with Crippen LogP contribution in [0, 0.1) is 0 Å². The summed E-state index contributed by atoms with van der Waals surface area (Å²) in [7, 11) is 0. The minimum absolute atomic E-state index is 0.319. The van der Waals surface area contributed by atoms with Crippen molar-refractivity contribution in [2.24, 2.45) is 0 Å². The number of halogens is 1. The molecule has 0 saturated heterocycles. The van der Waals surface area contributed by atoms with E-state index in [4.69, 9.17) is 16.3 Å². The number of rotatable bonds is 3. The van der Waals surface area contributed by atoms with Crippen LogP contribution in [0.5, 0.6) is 5.75 Å². The molecule has 1 aromatic heterocycles. The number of amides is 1. The normalized spacial score (nSPS) is 9.83. The van der Waals surface area contributed by atoms with Crippen LogP contribution in [0.25, 0.3) is 0 Å². The van der Waals surface area contributed by atoms with Gasteiger partial charge in [0.25, 0.3) is 0 Å². The highest BCUT2D eigenvalue weighted by molar-refractivity contribution is 6.30. The Hall–Kier alpha value is -2.07. The number of pyridine rings is 1. The number of carbonyl (C=O) groups excluding carboxylic acids is 1. The Kier molecular flexibility index (Phi) is 4.15. The van der Waals surface area contributed by atoms with Gasteiger partial charge in [-0.2, -0.15) is 0 Å². The fourth-order valence-electron chi connectivity index (χ4n) is 1.36. The molecule has 0 aliphatic carbocycles. The van der Waals surface area contributed by atoms with Gasteiger partial charge in [-0.15, -0.1) is 0 Å².